The summed E-state index contributed by atoms with van der Waals surface area (Å²) in [6, 6.07) is 4.35. The van der Waals surface area contributed by atoms with Gasteiger partial charge in [0.15, 0.2) is 6.04 Å². The van der Waals surface area contributed by atoms with Gasteiger partial charge in [0.1, 0.15) is 0 Å². The Balaban J connectivity index is 1.85. The van der Waals surface area contributed by atoms with Crippen molar-refractivity contribution in [3.63, 3.8) is 0 Å². The van der Waals surface area contributed by atoms with Crippen LogP contribution in [0.2, 0.25) is 0 Å². The standard InChI is InChI=1S/C18H24N2O4/c1-11-5-3-6-14(12(11)2)16(18(23)24)20-15(21)7-4-10-19-17(22)13-8-9-13/h3,5-6,13,16H,4,7-10H2,1-2H3,(H,19,22)(H,20,21)(H,23,24). The minimum absolute atomic E-state index is 0.0502. The summed E-state index contributed by atoms with van der Waals surface area (Å²) in [6.45, 7) is 4.19. The van der Waals surface area contributed by atoms with Crippen LogP contribution in [0.1, 0.15) is 48.4 Å². The van der Waals surface area contributed by atoms with Gasteiger partial charge >= 0.3 is 5.97 Å². The van der Waals surface area contributed by atoms with Gasteiger partial charge in [0.05, 0.1) is 0 Å². The van der Waals surface area contributed by atoms with Gasteiger partial charge in [-0.05, 0) is 49.8 Å². The van der Waals surface area contributed by atoms with E-state index in [0.29, 0.717) is 18.5 Å². The van der Waals surface area contributed by atoms with E-state index in [2.05, 4.69) is 10.6 Å². The summed E-state index contributed by atoms with van der Waals surface area (Å²) in [5.74, 6) is -1.21. The topological polar surface area (TPSA) is 95.5 Å². The van der Waals surface area contributed by atoms with Gasteiger partial charge in [-0.15, -0.1) is 0 Å². The summed E-state index contributed by atoms with van der Waals surface area (Å²) < 4.78 is 0. The Hall–Kier alpha value is -2.37. The fourth-order valence-electron chi connectivity index (χ4n) is 2.54. The summed E-state index contributed by atoms with van der Waals surface area (Å²) in [4.78, 5) is 35.0. The van der Waals surface area contributed by atoms with Crippen LogP contribution in [0.3, 0.4) is 0 Å². The van der Waals surface area contributed by atoms with Crippen molar-refractivity contribution in [2.75, 3.05) is 6.54 Å². The van der Waals surface area contributed by atoms with Gasteiger partial charge in [-0.2, -0.15) is 0 Å². The highest BCUT2D eigenvalue weighted by Crippen LogP contribution is 2.28. The molecule has 6 heteroatoms. The third-order valence-electron chi connectivity index (χ3n) is 4.34. The van der Waals surface area contributed by atoms with Crippen LogP contribution in [-0.2, 0) is 14.4 Å². The average Bonchev–Trinajstić information content (AvgIpc) is 3.36. The lowest BCUT2D eigenvalue weighted by atomic mass is 9.97. The van der Waals surface area contributed by atoms with Crippen molar-refractivity contribution in [3.05, 3.63) is 34.9 Å². The molecule has 3 N–H and O–H groups in total. The van der Waals surface area contributed by atoms with Crippen molar-refractivity contribution >= 4 is 17.8 Å². The molecule has 0 aliphatic heterocycles. The van der Waals surface area contributed by atoms with E-state index in [4.69, 9.17) is 0 Å². The van der Waals surface area contributed by atoms with Gasteiger partial charge in [-0.3, -0.25) is 9.59 Å². The first-order chi connectivity index (χ1) is 11.4. The Morgan fingerprint density at radius 2 is 1.96 bits per heavy atom. The quantitative estimate of drug-likeness (QED) is 0.633. The lowest BCUT2D eigenvalue weighted by Crippen LogP contribution is -2.35. The molecule has 0 aromatic heterocycles. The smallest absolute Gasteiger partial charge is 0.330 e. The Morgan fingerprint density at radius 1 is 1.25 bits per heavy atom. The van der Waals surface area contributed by atoms with Gasteiger partial charge in [-0.25, -0.2) is 4.79 Å². The number of rotatable bonds is 8. The zero-order valence-corrected chi connectivity index (χ0v) is 14.1. The van der Waals surface area contributed by atoms with Crippen LogP contribution >= 0.6 is 0 Å². The Bertz CT molecular complexity index is 638. The number of nitrogens with one attached hydrogen (secondary N) is 2. The van der Waals surface area contributed by atoms with E-state index in [-0.39, 0.29) is 24.2 Å². The molecule has 1 saturated carbocycles. The van der Waals surface area contributed by atoms with E-state index in [1.54, 1.807) is 12.1 Å². The van der Waals surface area contributed by atoms with E-state index in [0.717, 1.165) is 24.0 Å². The third-order valence-corrected chi connectivity index (χ3v) is 4.34. The first-order valence-corrected chi connectivity index (χ1v) is 8.26. The van der Waals surface area contributed by atoms with Crippen LogP contribution in [0.15, 0.2) is 18.2 Å². The fraction of sp³-hybridized carbons (Fsp3) is 0.500. The van der Waals surface area contributed by atoms with E-state index in [1.807, 2.05) is 19.9 Å². The highest BCUT2D eigenvalue weighted by Gasteiger charge is 2.29. The molecule has 1 aliphatic carbocycles. The predicted octanol–water partition coefficient (Wildman–Crippen LogP) is 1.85. The maximum absolute atomic E-state index is 12.0. The van der Waals surface area contributed by atoms with Crippen molar-refractivity contribution in [2.45, 2.75) is 45.6 Å². The molecule has 0 spiro atoms. The molecule has 6 nitrogen and oxygen atoms in total. The maximum atomic E-state index is 12.0. The van der Waals surface area contributed by atoms with Gasteiger partial charge in [-0.1, -0.05) is 18.2 Å². The van der Waals surface area contributed by atoms with Crippen LogP contribution in [0.5, 0.6) is 0 Å². The number of carboxylic acids is 1. The molecule has 130 valence electrons. The number of hydrogen-bond donors (Lipinski definition) is 3. The average molecular weight is 332 g/mol. The summed E-state index contributed by atoms with van der Waals surface area (Å²) >= 11 is 0. The summed E-state index contributed by atoms with van der Waals surface area (Å²) in [5.41, 5.74) is 2.44. The van der Waals surface area contributed by atoms with Gasteiger partial charge < -0.3 is 15.7 Å². The number of amides is 2. The molecule has 0 radical (unpaired) electrons. The molecule has 1 aromatic rings. The first kappa shape index (κ1) is 18.0. The summed E-state index contributed by atoms with van der Waals surface area (Å²) in [7, 11) is 0. The molecule has 1 aliphatic rings. The van der Waals surface area contributed by atoms with Crippen LogP contribution in [-0.4, -0.2) is 29.4 Å². The van der Waals surface area contributed by atoms with Crippen LogP contribution in [0.4, 0.5) is 0 Å². The van der Waals surface area contributed by atoms with Crippen LogP contribution in [0.25, 0.3) is 0 Å². The number of carboxylic acid groups (broad SMARTS) is 1. The minimum Gasteiger partial charge on any atom is -0.479 e. The van der Waals surface area contributed by atoms with Gasteiger partial charge in [0.25, 0.3) is 0 Å². The second-order valence-electron chi connectivity index (χ2n) is 6.30. The normalized spacial score (nSPS) is 14.8. The van der Waals surface area contributed by atoms with Crippen molar-refractivity contribution in [1.29, 1.82) is 0 Å². The number of carbonyl (C=O) groups is 3. The molecule has 1 atom stereocenters. The highest BCUT2D eigenvalue weighted by molar-refractivity contribution is 5.85. The maximum Gasteiger partial charge on any atom is 0.330 e. The predicted molar refractivity (Wildman–Crippen MR) is 89.4 cm³/mol. The van der Waals surface area contributed by atoms with Gasteiger partial charge in [0, 0.05) is 18.9 Å². The molecule has 2 amide bonds. The Kier molecular flexibility index (Phi) is 5.95. The minimum atomic E-state index is -1.08. The van der Waals surface area contributed by atoms with E-state index < -0.39 is 12.0 Å². The number of aryl methyl sites for hydroxylation is 1. The molecular weight excluding hydrogens is 308 g/mol. The van der Waals surface area contributed by atoms with Crippen molar-refractivity contribution in [1.82, 2.24) is 10.6 Å². The lowest BCUT2D eigenvalue weighted by molar-refractivity contribution is -0.142. The summed E-state index contributed by atoms with van der Waals surface area (Å²) in [5, 5.41) is 14.8. The molecule has 24 heavy (non-hydrogen) atoms. The molecule has 2 rings (SSSR count). The third kappa shape index (κ3) is 4.81. The monoisotopic (exact) mass is 332 g/mol. The van der Waals surface area contributed by atoms with Crippen LogP contribution in [0, 0.1) is 19.8 Å². The molecule has 0 saturated heterocycles. The van der Waals surface area contributed by atoms with Crippen molar-refractivity contribution < 1.29 is 19.5 Å². The lowest BCUT2D eigenvalue weighted by Gasteiger charge is -2.18. The van der Waals surface area contributed by atoms with Crippen LogP contribution < -0.4 is 10.6 Å². The van der Waals surface area contributed by atoms with E-state index >= 15 is 0 Å². The van der Waals surface area contributed by atoms with E-state index in [1.165, 1.54) is 0 Å². The van der Waals surface area contributed by atoms with Crippen molar-refractivity contribution in [2.24, 2.45) is 5.92 Å². The molecule has 0 heterocycles. The number of benzene rings is 1. The molecular formula is C18H24N2O4. The zero-order chi connectivity index (χ0) is 17.7. The highest BCUT2D eigenvalue weighted by atomic mass is 16.4. The Labute approximate surface area is 141 Å². The molecule has 0 bridgehead atoms. The Morgan fingerprint density at radius 3 is 2.58 bits per heavy atom. The molecule has 1 unspecified atom stereocenters. The number of aliphatic carboxylic acids is 1. The largest absolute Gasteiger partial charge is 0.479 e. The fourth-order valence-corrected chi connectivity index (χ4v) is 2.54. The van der Waals surface area contributed by atoms with Crippen molar-refractivity contribution in [3.8, 4) is 0 Å². The van der Waals surface area contributed by atoms with E-state index in [9.17, 15) is 19.5 Å². The first-order valence-electron chi connectivity index (χ1n) is 8.26. The molecule has 1 aromatic carbocycles. The SMILES string of the molecule is Cc1cccc(C(NC(=O)CCCNC(=O)C2CC2)C(=O)O)c1C. The molecule has 1 fully saturated rings. The number of hydrogen-bond acceptors (Lipinski definition) is 3. The summed E-state index contributed by atoms with van der Waals surface area (Å²) in [6.07, 6.45) is 2.56. The second kappa shape index (κ2) is 7.95. The van der Waals surface area contributed by atoms with Gasteiger partial charge in [0.2, 0.25) is 11.8 Å². The zero-order valence-electron chi connectivity index (χ0n) is 14.1. The second-order valence-corrected chi connectivity index (χ2v) is 6.30. The number of carbonyl (C=O) groups excluding carboxylic acids is 2.